The Bertz CT molecular complexity index is 321. The summed E-state index contributed by atoms with van der Waals surface area (Å²) in [7, 11) is 0. The smallest absolute Gasteiger partial charge is 0.0529 e. The molecule has 1 heterocycles. The van der Waals surface area contributed by atoms with Gasteiger partial charge < -0.3 is 5.32 Å². The SMILES string of the molecule is CSC1(CNc2cncc(C)c2)CC1. The van der Waals surface area contributed by atoms with Gasteiger partial charge in [-0.2, -0.15) is 11.8 Å². The molecule has 0 aliphatic heterocycles. The number of thioether (sulfide) groups is 1. The van der Waals surface area contributed by atoms with E-state index in [1.807, 2.05) is 24.2 Å². The highest BCUT2D eigenvalue weighted by atomic mass is 32.2. The van der Waals surface area contributed by atoms with Gasteiger partial charge in [0.1, 0.15) is 0 Å². The third-order valence-electron chi connectivity index (χ3n) is 2.73. The van der Waals surface area contributed by atoms with Crippen molar-refractivity contribution in [2.24, 2.45) is 0 Å². The van der Waals surface area contributed by atoms with Crippen molar-refractivity contribution in [3.8, 4) is 0 Å². The highest BCUT2D eigenvalue weighted by molar-refractivity contribution is 8.00. The maximum Gasteiger partial charge on any atom is 0.0529 e. The van der Waals surface area contributed by atoms with E-state index in [-0.39, 0.29) is 0 Å². The first-order valence-corrected chi connectivity index (χ1v) is 6.17. The first-order valence-electron chi connectivity index (χ1n) is 4.95. The number of hydrogen-bond donors (Lipinski definition) is 1. The third kappa shape index (κ3) is 2.21. The summed E-state index contributed by atoms with van der Waals surface area (Å²) < 4.78 is 0.518. The van der Waals surface area contributed by atoms with Crippen molar-refractivity contribution in [2.75, 3.05) is 18.1 Å². The van der Waals surface area contributed by atoms with Crippen molar-refractivity contribution in [2.45, 2.75) is 24.5 Å². The number of aryl methyl sites for hydroxylation is 1. The summed E-state index contributed by atoms with van der Waals surface area (Å²) in [4.78, 5) is 4.16. The fourth-order valence-corrected chi connectivity index (χ4v) is 2.23. The number of nitrogens with one attached hydrogen (secondary N) is 1. The first kappa shape index (κ1) is 9.84. The van der Waals surface area contributed by atoms with Gasteiger partial charge in [0.25, 0.3) is 0 Å². The second kappa shape index (κ2) is 3.81. The standard InChI is InChI=1S/C11H16N2S/c1-9-5-10(7-12-6-9)13-8-11(14-2)3-4-11/h5-7,13H,3-4,8H2,1-2H3. The fraction of sp³-hybridized carbons (Fsp3) is 0.545. The van der Waals surface area contributed by atoms with E-state index in [1.54, 1.807) is 0 Å². The number of hydrogen-bond acceptors (Lipinski definition) is 3. The van der Waals surface area contributed by atoms with Crippen molar-refractivity contribution in [3.05, 3.63) is 24.0 Å². The lowest BCUT2D eigenvalue weighted by atomic mass is 10.3. The largest absolute Gasteiger partial charge is 0.382 e. The number of rotatable bonds is 4. The molecule has 0 amide bonds. The predicted molar refractivity (Wildman–Crippen MR) is 62.9 cm³/mol. The highest BCUT2D eigenvalue weighted by Gasteiger charge is 2.41. The van der Waals surface area contributed by atoms with Crippen molar-refractivity contribution in [3.63, 3.8) is 0 Å². The fourth-order valence-electron chi connectivity index (χ4n) is 1.51. The average Bonchev–Trinajstić information content (AvgIpc) is 2.96. The summed E-state index contributed by atoms with van der Waals surface area (Å²) in [6.45, 7) is 3.14. The molecule has 1 aromatic rings. The van der Waals surface area contributed by atoms with Crippen molar-refractivity contribution < 1.29 is 0 Å². The van der Waals surface area contributed by atoms with Gasteiger partial charge in [0.05, 0.1) is 5.69 Å². The molecule has 0 unspecified atom stereocenters. The van der Waals surface area contributed by atoms with Crippen LogP contribution in [0.1, 0.15) is 18.4 Å². The molecule has 0 saturated heterocycles. The zero-order valence-corrected chi connectivity index (χ0v) is 9.53. The second-order valence-electron chi connectivity index (χ2n) is 3.99. The van der Waals surface area contributed by atoms with Crippen LogP contribution in [-0.2, 0) is 0 Å². The van der Waals surface area contributed by atoms with Gasteiger partial charge >= 0.3 is 0 Å². The Labute approximate surface area is 89.5 Å². The molecule has 0 spiro atoms. The minimum atomic E-state index is 0.518. The lowest BCUT2D eigenvalue weighted by Crippen LogP contribution is -2.17. The molecule has 1 aliphatic carbocycles. The van der Waals surface area contributed by atoms with Crippen LogP contribution in [0.15, 0.2) is 18.5 Å². The molecule has 2 rings (SSSR count). The Morgan fingerprint density at radius 1 is 1.50 bits per heavy atom. The Balaban J connectivity index is 1.92. The zero-order valence-electron chi connectivity index (χ0n) is 8.71. The van der Waals surface area contributed by atoms with E-state index in [2.05, 4.69) is 29.5 Å². The van der Waals surface area contributed by atoms with Crippen LogP contribution in [0.5, 0.6) is 0 Å². The number of nitrogens with zero attached hydrogens (tertiary/aromatic N) is 1. The molecule has 3 heteroatoms. The first-order chi connectivity index (χ1) is 6.74. The molecule has 0 aromatic carbocycles. The van der Waals surface area contributed by atoms with Crippen LogP contribution in [-0.4, -0.2) is 22.5 Å². The van der Waals surface area contributed by atoms with E-state index in [4.69, 9.17) is 0 Å². The molecule has 1 saturated carbocycles. The normalized spacial score (nSPS) is 17.9. The summed E-state index contributed by atoms with van der Waals surface area (Å²) in [5.74, 6) is 0. The van der Waals surface area contributed by atoms with Gasteiger partial charge in [-0.3, -0.25) is 4.98 Å². The van der Waals surface area contributed by atoms with E-state index in [0.29, 0.717) is 4.75 Å². The Hall–Kier alpha value is -0.700. The van der Waals surface area contributed by atoms with Crippen LogP contribution in [0.4, 0.5) is 5.69 Å². The van der Waals surface area contributed by atoms with Crippen LogP contribution in [0, 0.1) is 6.92 Å². The summed E-state index contributed by atoms with van der Waals surface area (Å²) in [5.41, 5.74) is 2.36. The molecule has 1 N–H and O–H groups in total. The molecule has 0 bridgehead atoms. The van der Waals surface area contributed by atoms with Crippen molar-refractivity contribution in [1.29, 1.82) is 0 Å². The highest BCUT2D eigenvalue weighted by Crippen LogP contribution is 2.46. The van der Waals surface area contributed by atoms with E-state index in [9.17, 15) is 0 Å². The summed E-state index contributed by atoms with van der Waals surface area (Å²) in [6, 6.07) is 2.14. The maximum atomic E-state index is 4.16. The maximum absolute atomic E-state index is 4.16. The molecular formula is C11H16N2S. The lowest BCUT2D eigenvalue weighted by molar-refractivity contribution is 0.947. The molecule has 1 aromatic heterocycles. The van der Waals surface area contributed by atoms with Crippen molar-refractivity contribution >= 4 is 17.4 Å². The summed E-state index contributed by atoms with van der Waals surface area (Å²) in [5, 5.41) is 3.46. The topological polar surface area (TPSA) is 24.9 Å². The van der Waals surface area contributed by atoms with E-state index < -0.39 is 0 Å². The summed E-state index contributed by atoms with van der Waals surface area (Å²) >= 11 is 1.98. The molecule has 1 fully saturated rings. The van der Waals surface area contributed by atoms with Crippen LogP contribution < -0.4 is 5.32 Å². The van der Waals surface area contributed by atoms with Crippen LogP contribution >= 0.6 is 11.8 Å². The number of anilines is 1. The second-order valence-corrected chi connectivity index (χ2v) is 5.27. The molecule has 2 nitrogen and oxygen atoms in total. The van der Waals surface area contributed by atoms with E-state index >= 15 is 0 Å². The van der Waals surface area contributed by atoms with E-state index in [0.717, 1.165) is 12.2 Å². The van der Waals surface area contributed by atoms with Gasteiger partial charge in [0.15, 0.2) is 0 Å². The number of aromatic nitrogens is 1. The minimum absolute atomic E-state index is 0.518. The van der Waals surface area contributed by atoms with E-state index in [1.165, 1.54) is 18.4 Å². The summed E-state index contributed by atoms with van der Waals surface area (Å²) in [6.07, 6.45) is 8.67. The van der Waals surface area contributed by atoms with Gasteiger partial charge in [-0.05, 0) is 37.7 Å². The van der Waals surface area contributed by atoms with Gasteiger partial charge in [-0.1, -0.05) is 0 Å². The zero-order chi connectivity index (χ0) is 10.0. The lowest BCUT2D eigenvalue weighted by Gasteiger charge is -2.13. The minimum Gasteiger partial charge on any atom is -0.382 e. The van der Waals surface area contributed by atoms with Gasteiger partial charge in [-0.25, -0.2) is 0 Å². The molecule has 14 heavy (non-hydrogen) atoms. The Morgan fingerprint density at radius 3 is 2.86 bits per heavy atom. The molecule has 76 valence electrons. The Morgan fingerprint density at radius 2 is 2.29 bits per heavy atom. The molecule has 0 radical (unpaired) electrons. The average molecular weight is 208 g/mol. The predicted octanol–water partition coefficient (Wildman–Crippen LogP) is 2.70. The monoisotopic (exact) mass is 208 g/mol. The van der Waals surface area contributed by atoms with Crippen LogP contribution in [0.2, 0.25) is 0 Å². The molecular weight excluding hydrogens is 192 g/mol. The van der Waals surface area contributed by atoms with Crippen LogP contribution in [0.25, 0.3) is 0 Å². The van der Waals surface area contributed by atoms with Crippen molar-refractivity contribution in [1.82, 2.24) is 4.98 Å². The van der Waals surface area contributed by atoms with Gasteiger partial charge in [0.2, 0.25) is 0 Å². The third-order valence-corrected chi connectivity index (χ3v) is 4.15. The van der Waals surface area contributed by atoms with Gasteiger partial charge in [-0.15, -0.1) is 0 Å². The quantitative estimate of drug-likeness (QED) is 0.823. The molecule has 0 atom stereocenters. The van der Waals surface area contributed by atoms with Gasteiger partial charge in [0, 0.05) is 23.7 Å². The Kier molecular flexibility index (Phi) is 2.68. The van der Waals surface area contributed by atoms with Crippen LogP contribution in [0.3, 0.4) is 0 Å². The molecule has 1 aliphatic rings. The number of pyridine rings is 1.